The van der Waals surface area contributed by atoms with Crippen LogP contribution in [0.15, 0.2) is 162 Å². The largest absolute Gasteiger partial charge is 0.457 e. The Bertz CT molecular complexity index is 2330. The van der Waals surface area contributed by atoms with E-state index >= 15 is 0 Å². The van der Waals surface area contributed by atoms with Crippen LogP contribution in [-0.2, 0) is 0 Å². The van der Waals surface area contributed by atoms with E-state index in [1.165, 1.54) is 22.3 Å². The maximum Gasteiger partial charge on any atom is 0.137 e. The molecule has 8 rings (SSSR count). The monoisotopic (exact) mass is 650 g/mol. The second-order valence-corrected chi connectivity index (χ2v) is 13.1. The first kappa shape index (κ1) is 31.0. The third-order valence-electron chi connectivity index (χ3n) is 9.16. The van der Waals surface area contributed by atoms with Crippen LogP contribution < -0.4 is 14.5 Å². The van der Waals surface area contributed by atoms with Gasteiger partial charge in [0.15, 0.2) is 0 Å². The van der Waals surface area contributed by atoms with Gasteiger partial charge in [0.1, 0.15) is 22.7 Å². The first-order valence-corrected chi connectivity index (χ1v) is 17.0. The minimum atomic E-state index is 0.750. The number of anilines is 6. The van der Waals surface area contributed by atoms with Crippen LogP contribution >= 0.6 is 0 Å². The smallest absolute Gasteiger partial charge is 0.137 e. The maximum atomic E-state index is 6.53. The molecule has 1 heterocycles. The van der Waals surface area contributed by atoms with Gasteiger partial charge in [0, 0.05) is 57.0 Å². The molecule has 4 nitrogen and oxygen atoms in total. The fourth-order valence-corrected chi connectivity index (χ4v) is 6.44. The van der Waals surface area contributed by atoms with Crippen molar-refractivity contribution in [2.24, 2.45) is 0 Å². The summed E-state index contributed by atoms with van der Waals surface area (Å²) in [7, 11) is 0. The lowest BCUT2D eigenvalue weighted by Crippen LogP contribution is -2.10. The van der Waals surface area contributed by atoms with Crippen LogP contribution in [0.1, 0.15) is 22.3 Å². The molecule has 1 aromatic heterocycles. The molecule has 0 aliphatic carbocycles. The molecule has 0 radical (unpaired) electrons. The summed E-state index contributed by atoms with van der Waals surface area (Å²) in [6.07, 6.45) is 0. The topological polar surface area (TPSA) is 28.9 Å². The zero-order chi connectivity index (χ0) is 34.2. The zero-order valence-electron chi connectivity index (χ0n) is 28.7. The van der Waals surface area contributed by atoms with Crippen molar-refractivity contribution in [2.45, 2.75) is 27.7 Å². The highest BCUT2D eigenvalue weighted by Crippen LogP contribution is 2.41. The van der Waals surface area contributed by atoms with Gasteiger partial charge in [-0.1, -0.05) is 76.9 Å². The van der Waals surface area contributed by atoms with Crippen LogP contribution in [0.25, 0.3) is 21.9 Å². The SMILES string of the molecule is Cc1ccc(N(c2ccc(C)cc2)c2cccc(Oc3ccc4oc5cc(N(c6ccc(C)cc6)c6ccc(C)cc6)ccc5c4c3)c2)cc1. The Hall–Kier alpha value is -6.26. The van der Waals surface area contributed by atoms with Crippen LogP contribution in [0.3, 0.4) is 0 Å². The number of nitrogens with zero attached hydrogens (tertiary/aromatic N) is 2. The summed E-state index contributed by atoms with van der Waals surface area (Å²) in [6, 6.07) is 55.2. The molecule has 50 heavy (non-hydrogen) atoms. The van der Waals surface area contributed by atoms with Gasteiger partial charge < -0.3 is 19.0 Å². The predicted molar refractivity (Wildman–Crippen MR) is 209 cm³/mol. The minimum absolute atomic E-state index is 0.750. The molecule has 0 aliphatic heterocycles. The standard InChI is InChI=1S/C46H38N2O2/c1-31-8-16-35(17-9-31)47(36-18-10-32(2)11-19-36)39-6-5-7-41(28-39)49-42-25-27-45-44(30-42)43-26-24-40(29-46(43)50-45)48(37-20-12-33(3)13-21-37)38-22-14-34(4)15-23-38/h5-30H,1-4H3. The van der Waals surface area contributed by atoms with Crippen LogP contribution in [0.2, 0.25) is 0 Å². The first-order valence-electron chi connectivity index (χ1n) is 17.0. The average molecular weight is 651 g/mol. The lowest BCUT2D eigenvalue weighted by Gasteiger charge is -2.26. The predicted octanol–water partition coefficient (Wildman–Crippen LogP) is 13.6. The molecule has 0 saturated heterocycles. The van der Waals surface area contributed by atoms with Gasteiger partial charge in [0.25, 0.3) is 0 Å². The zero-order valence-corrected chi connectivity index (χ0v) is 28.7. The van der Waals surface area contributed by atoms with Crippen LogP contribution in [-0.4, -0.2) is 0 Å². The van der Waals surface area contributed by atoms with E-state index in [4.69, 9.17) is 9.15 Å². The Morgan fingerprint density at radius 1 is 0.360 bits per heavy atom. The number of ether oxygens (including phenoxy) is 1. The van der Waals surface area contributed by atoms with E-state index in [9.17, 15) is 0 Å². The van der Waals surface area contributed by atoms with Crippen molar-refractivity contribution in [1.29, 1.82) is 0 Å². The second kappa shape index (κ2) is 13.0. The summed E-state index contributed by atoms with van der Waals surface area (Å²) >= 11 is 0. The molecule has 0 amide bonds. The van der Waals surface area contributed by atoms with Gasteiger partial charge in [-0.2, -0.15) is 0 Å². The average Bonchev–Trinajstić information content (AvgIpc) is 3.49. The molecule has 0 aliphatic rings. The van der Waals surface area contributed by atoms with Gasteiger partial charge in [-0.25, -0.2) is 0 Å². The van der Waals surface area contributed by atoms with E-state index in [0.717, 1.165) is 67.6 Å². The number of furan rings is 1. The fourth-order valence-electron chi connectivity index (χ4n) is 6.44. The molecule has 0 atom stereocenters. The number of hydrogen-bond acceptors (Lipinski definition) is 4. The molecule has 0 bridgehead atoms. The number of rotatable bonds is 8. The highest BCUT2D eigenvalue weighted by molar-refractivity contribution is 6.06. The summed E-state index contributed by atoms with van der Waals surface area (Å²) in [5.74, 6) is 1.51. The molecule has 0 saturated carbocycles. The molecule has 7 aromatic carbocycles. The van der Waals surface area contributed by atoms with E-state index in [2.05, 4.69) is 171 Å². The Labute approximate surface area is 293 Å². The maximum absolute atomic E-state index is 6.53. The third-order valence-corrected chi connectivity index (χ3v) is 9.16. The van der Waals surface area contributed by atoms with Crippen molar-refractivity contribution in [2.75, 3.05) is 9.80 Å². The highest BCUT2D eigenvalue weighted by atomic mass is 16.5. The van der Waals surface area contributed by atoms with Crippen LogP contribution in [0.5, 0.6) is 11.5 Å². The summed E-state index contributed by atoms with van der Waals surface area (Å²) in [5, 5.41) is 2.05. The summed E-state index contributed by atoms with van der Waals surface area (Å²) in [5.41, 5.74) is 13.0. The van der Waals surface area contributed by atoms with E-state index in [1.807, 2.05) is 24.3 Å². The lowest BCUT2D eigenvalue weighted by atomic mass is 10.1. The number of fused-ring (bicyclic) bond motifs is 3. The Balaban J connectivity index is 1.13. The van der Waals surface area contributed by atoms with Gasteiger partial charge in [-0.05, 0) is 119 Å². The van der Waals surface area contributed by atoms with Crippen molar-refractivity contribution < 1.29 is 9.15 Å². The molecule has 0 N–H and O–H groups in total. The van der Waals surface area contributed by atoms with Gasteiger partial charge in [0.05, 0.1) is 0 Å². The highest BCUT2D eigenvalue weighted by Gasteiger charge is 2.17. The fraction of sp³-hybridized carbons (Fsp3) is 0.0870. The molecule has 244 valence electrons. The van der Waals surface area contributed by atoms with Crippen molar-refractivity contribution in [3.63, 3.8) is 0 Å². The number of hydrogen-bond donors (Lipinski definition) is 0. The Morgan fingerprint density at radius 3 is 1.30 bits per heavy atom. The number of aryl methyl sites for hydroxylation is 4. The molecular weight excluding hydrogens is 613 g/mol. The second-order valence-electron chi connectivity index (χ2n) is 13.1. The Kier molecular flexibility index (Phi) is 8.06. The molecular formula is C46H38N2O2. The van der Waals surface area contributed by atoms with Crippen molar-refractivity contribution in [3.8, 4) is 11.5 Å². The van der Waals surface area contributed by atoms with Gasteiger partial charge in [0.2, 0.25) is 0 Å². The van der Waals surface area contributed by atoms with E-state index in [1.54, 1.807) is 0 Å². The van der Waals surface area contributed by atoms with Gasteiger partial charge >= 0.3 is 0 Å². The van der Waals surface area contributed by atoms with Gasteiger partial charge in [-0.15, -0.1) is 0 Å². The quantitative estimate of drug-likeness (QED) is 0.164. The summed E-state index contributed by atoms with van der Waals surface area (Å²) in [4.78, 5) is 4.52. The van der Waals surface area contributed by atoms with Crippen LogP contribution in [0, 0.1) is 27.7 Å². The lowest BCUT2D eigenvalue weighted by molar-refractivity contribution is 0.483. The van der Waals surface area contributed by atoms with Gasteiger partial charge in [-0.3, -0.25) is 0 Å². The molecule has 8 aromatic rings. The van der Waals surface area contributed by atoms with Crippen molar-refractivity contribution in [1.82, 2.24) is 0 Å². The minimum Gasteiger partial charge on any atom is -0.457 e. The normalized spacial score (nSPS) is 11.2. The van der Waals surface area contributed by atoms with E-state index in [0.29, 0.717) is 0 Å². The third kappa shape index (κ3) is 6.20. The molecule has 0 fully saturated rings. The van der Waals surface area contributed by atoms with Crippen LogP contribution in [0.4, 0.5) is 34.1 Å². The van der Waals surface area contributed by atoms with E-state index < -0.39 is 0 Å². The summed E-state index contributed by atoms with van der Waals surface area (Å²) < 4.78 is 13.0. The van der Waals surface area contributed by atoms with Crippen molar-refractivity contribution in [3.05, 3.63) is 180 Å². The van der Waals surface area contributed by atoms with E-state index in [-0.39, 0.29) is 0 Å². The molecule has 4 heteroatoms. The molecule has 0 unspecified atom stereocenters. The number of benzene rings is 7. The van der Waals surface area contributed by atoms with Crippen molar-refractivity contribution >= 4 is 56.1 Å². The summed E-state index contributed by atoms with van der Waals surface area (Å²) in [6.45, 7) is 8.44. The first-order chi connectivity index (χ1) is 24.4. The Morgan fingerprint density at radius 2 is 0.800 bits per heavy atom. The molecule has 0 spiro atoms.